The van der Waals surface area contributed by atoms with Gasteiger partial charge in [-0.25, -0.2) is 4.79 Å². The van der Waals surface area contributed by atoms with Gasteiger partial charge in [0.15, 0.2) is 0 Å². The van der Waals surface area contributed by atoms with Crippen molar-refractivity contribution in [3.05, 3.63) is 35.4 Å². The minimum absolute atomic E-state index is 0.0216. The molecule has 2 saturated heterocycles. The smallest absolute Gasteiger partial charge is 0.312 e. The van der Waals surface area contributed by atoms with Crippen LogP contribution in [0.15, 0.2) is 24.3 Å². The quantitative estimate of drug-likeness (QED) is 0.697. The number of rotatable bonds is 4. The Kier molecular flexibility index (Phi) is 5.72. The van der Waals surface area contributed by atoms with Gasteiger partial charge in [0.2, 0.25) is 5.91 Å². The van der Waals surface area contributed by atoms with Crippen LogP contribution in [0.2, 0.25) is 0 Å². The second kappa shape index (κ2) is 8.18. The molecule has 2 aliphatic heterocycles. The van der Waals surface area contributed by atoms with Crippen LogP contribution in [0.25, 0.3) is 0 Å². The molecule has 0 aliphatic carbocycles. The van der Waals surface area contributed by atoms with E-state index in [9.17, 15) is 14.4 Å². The van der Waals surface area contributed by atoms with Gasteiger partial charge in [0, 0.05) is 44.3 Å². The average molecular weight is 359 g/mol. The molecule has 0 radical (unpaired) electrons. The van der Waals surface area contributed by atoms with E-state index in [-0.39, 0.29) is 17.9 Å². The highest BCUT2D eigenvalue weighted by Crippen LogP contribution is 2.19. The summed E-state index contributed by atoms with van der Waals surface area (Å²) in [6.07, 6.45) is 1.83. The highest BCUT2D eigenvalue weighted by Gasteiger charge is 2.31. The average Bonchev–Trinajstić information content (AvgIpc) is 2.66. The Labute approximate surface area is 152 Å². The summed E-state index contributed by atoms with van der Waals surface area (Å²) < 4.78 is 0. The summed E-state index contributed by atoms with van der Waals surface area (Å²) in [7, 11) is 0. The number of likely N-dealkylation sites (tertiary alicyclic amines) is 1. The van der Waals surface area contributed by atoms with Gasteiger partial charge < -0.3 is 26.2 Å². The van der Waals surface area contributed by atoms with Crippen LogP contribution in [-0.4, -0.2) is 66.4 Å². The molecule has 1 aromatic rings. The van der Waals surface area contributed by atoms with Crippen molar-refractivity contribution >= 4 is 17.8 Å². The highest BCUT2D eigenvalue weighted by atomic mass is 16.2. The number of nitrogens with two attached hydrogens (primary N) is 1. The van der Waals surface area contributed by atoms with Crippen molar-refractivity contribution in [3.63, 3.8) is 0 Å². The molecule has 4 N–H and O–H groups in total. The summed E-state index contributed by atoms with van der Waals surface area (Å²) in [6, 6.07) is 6.67. The van der Waals surface area contributed by atoms with Gasteiger partial charge in [0.1, 0.15) is 0 Å². The predicted molar refractivity (Wildman–Crippen MR) is 96.4 cm³/mol. The zero-order valence-electron chi connectivity index (χ0n) is 14.7. The van der Waals surface area contributed by atoms with Crippen LogP contribution in [0.1, 0.15) is 28.8 Å². The molecule has 3 rings (SSSR count). The molecule has 1 atom stereocenters. The fraction of sp³-hybridized carbons (Fsp3) is 0.500. The molecule has 8 heteroatoms. The Balaban J connectivity index is 1.61. The number of nitrogens with zero attached hydrogens (tertiary/aromatic N) is 2. The van der Waals surface area contributed by atoms with Crippen molar-refractivity contribution in [1.82, 2.24) is 20.4 Å². The number of hydrogen-bond acceptors (Lipinski definition) is 4. The van der Waals surface area contributed by atoms with Gasteiger partial charge in [0.25, 0.3) is 5.91 Å². The standard InChI is InChI=1S/C18H25N5O3/c19-18(26)21-10-13-3-5-14(6-4-13)17(25)22-8-1-2-15(12-22)23-9-7-20-11-16(23)24/h3-6,15,20H,1-2,7-12H2,(H3,19,21,26). The lowest BCUT2D eigenvalue weighted by atomic mass is 10.0. The van der Waals surface area contributed by atoms with Gasteiger partial charge in [-0.05, 0) is 30.5 Å². The van der Waals surface area contributed by atoms with E-state index in [1.165, 1.54) is 0 Å². The maximum absolute atomic E-state index is 12.8. The molecule has 0 spiro atoms. The molecule has 0 saturated carbocycles. The molecule has 2 heterocycles. The normalized spacial score (nSPS) is 20.8. The number of amides is 4. The molecular formula is C18H25N5O3. The number of urea groups is 1. The lowest BCUT2D eigenvalue weighted by Gasteiger charge is -2.41. The summed E-state index contributed by atoms with van der Waals surface area (Å²) in [5, 5.41) is 5.60. The molecular weight excluding hydrogens is 334 g/mol. The predicted octanol–water partition coefficient (Wildman–Crippen LogP) is -0.109. The van der Waals surface area contributed by atoms with Gasteiger partial charge in [-0.3, -0.25) is 9.59 Å². The number of benzene rings is 1. The maximum Gasteiger partial charge on any atom is 0.312 e. The molecule has 1 unspecified atom stereocenters. The molecule has 140 valence electrons. The van der Waals surface area contributed by atoms with E-state index in [0.717, 1.165) is 24.9 Å². The summed E-state index contributed by atoms with van der Waals surface area (Å²) in [5.41, 5.74) is 6.55. The van der Waals surface area contributed by atoms with Crippen LogP contribution in [0.4, 0.5) is 4.79 Å². The third kappa shape index (κ3) is 4.32. The van der Waals surface area contributed by atoms with Crippen molar-refractivity contribution < 1.29 is 14.4 Å². The van der Waals surface area contributed by atoms with E-state index in [1.54, 1.807) is 12.1 Å². The highest BCUT2D eigenvalue weighted by molar-refractivity contribution is 5.94. The zero-order valence-corrected chi connectivity index (χ0v) is 14.7. The Bertz CT molecular complexity index is 676. The van der Waals surface area contributed by atoms with Crippen molar-refractivity contribution in [2.75, 3.05) is 32.7 Å². The molecule has 2 fully saturated rings. The van der Waals surface area contributed by atoms with Gasteiger partial charge in [-0.2, -0.15) is 0 Å². The fourth-order valence-corrected chi connectivity index (χ4v) is 3.54. The Morgan fingerprint density at radius 3 is 2.69 bits per heavy atom. The van der Waals surface area contributed by atoms with Crippen molar-refractivity contribution in [2.24, 2.45) is 5.73 Å². The first-order valence-corrected chi connectivity index (χ1v) is 8.96. The van der Waals surface area contributed by atoms with Gasteiger partial charge >= 0.3 is 6.03 Å². The first kappa shape index (κ1) is 18.2. The minimum Gasteiger partial charge on any atom is -0.352 e. The van der Waals surface area contributed by atoms with Crippen LogP contribution in [0, 0.1) is 0 Å². The molecule has 2 aliphatic rings. The SMILES string of the molecule is NC(=O)NCc1ccc(C(=O)N2CCCC(N3CCNCC3=O)C2)cc1. The lowest BCUT2D eigenvalue weighted by Crippen LogP contribution is -2.57. The van der Waals surface area contributed by atoms with Crippen molar-refractivity contribution in [3.8, 4) is 0 Å². The van der Waals surface area contributed by atoms with Gasteiger partial charge in [-0.1, -0.05) is 12.1 Å². The molecule has 8 nitrogen and oxygen atoms in total. The van der Waals surface area contributed by atoms with Crippen LogP contribution in [0.5, 0.6) is 0 Å². The Morgan fingerprint density at radius 2 is 2.00 bits per heavy atom. The molecule has 26 heavy (non-hydrogen) atoms. The molecule has 0 bridgehead atoms. The summed E-state index contributed by atoms with van der Waals surface area (Å²) in [5.74, 6) is 0.0912. The van der Waals surface area contributed by atoms with E-state index < -0.39 is 6.03 Å². The number of hydrogen-bond donors (Lipinski definition) is 3. The Morgan fingerprint density at radius 1 is 1.23 bits per heavy atom. The van der Waals surface area contributed by atoms with Crippen LogP contribution >= 0.6 is 0 Å². The molecule has 4 amide bonds. The van der Waals surface area contributed by atoms with Crippen LogP contribution in [0.3, 0.4) is 0 Å². The third-order valence-electron chi connectivity index (χ3n) is 4.92. The first-order valence-electron chi connectivity index (χ1n) is 8.96. The second-order valence-corrected chi connectivity index (χ2v) is 6.73. The minimum atomic E-state index is -0.577. The third-order valence-corrected chi connectivity index (χ3v) is 4.92. The molecule has 0 aromatic heterocycles. The summed E-state index contributed by atoms with van der Waals surface area (Å²) >= 11 is 0. The fourth-order valence-electron chi connectivity index (χ4n) is 3.54. The largest absolute Gasteiger partial charge is 0.352 e. The van der Waals surface area contributed by atoms with Gasteiger partial charge in [0.05, 0.1) is 6.54 Å². The van der Waals surface area contributed by atoms with Crippen LogP contribution < -0.4 is 16.4 Å². The van der Waals surface area contributed by atoms with Crippen molar-refractivity contribution in [2.45, 2.75) is 25.4 Å². The van der Waals surface area contributed by atoms with E-state index in [0.29, 0.717) is 38.3 Å². The number of nitrogens with one attached hydrogen (secondary N) is 2. The maximum atomic E-state index is 12.8. The lowest BCUT2D eigenvalue weighted by molar-refractivity contribution is -0.135. The molecule has 1 aromatic carbocycles. The number of carbonyl (C=O) groups is 3. The van der Waals surface area contributed by atoms with Crippen molar-refractivity contribution in [1.29, 1.82) is 0 Å². The number of carbonyl (C=O) groups excluding carboxylic acids is 3. The monoisotopic (exact) mass is 359 g/mol. The van der Waals surface area contributed by atoms with Crippen LogP contribution in [-0.2, 0) is 11.3 Å². The van der Waals surface area contributed by atoms with E-state index in [1.807, 2.05) is 21.9 Å². The van der Waals surface area contributed by atoms with E-state index in [4.69, 9.17) is 5.73 Å². The van der Waals surface area contributed by atoms with E-state index in [2.05, 4.69) is 10.6 Å². The number of primary amides is 1. The summed E-state index contributed by atoms with van der Waals surface area (Å²) in [4.78, 5) is 39.4. The Hall–Kier alpha value is -2.61. The second-order valence-electron chi connectivity index (χ2n) is 6.73. The van der Waals surface area contributed by atoms with E-state index >= 15 is 0 Å². The first-order chi connectivity index (χ1) is 12.5. The number of piperazine rings is 1. The summed E-state index contributed by atoms with van der Waals surface area (Å²) in [6.45, 7) is 3.51. The van der Waals surface area contributed by atoms with Gasteiger partial charge in [-0.15, -0.1) is 0 Å². The zero-order chi connectivity index (χ0) is 18.5. The topological polar surface area (TPSA) is 108 Å². The number of piperidine rings is 1.